The van der Waals surface area contributed by atoms with Crippen molar-refractivity contribution in [2.24, 2.45) is 0 Å². The van der Waals surface area contributed by atoms with Gasteiger partial charge in [-0.2, -0.15) is 0 Å². The highest BCUT2D eigenvalue weighted by Gasteiger charge is 2.28. The fourth-order valence-corrected chi connectivity index (χ4v) is 5.91. The molecule has 1 amide bonds. The average molecular weight is 536 g/mol. The Balaban J connectivity index is 1.41. The van der Waals surface area contributed by atoms with Gasteiger partial charge in [0.25, 0.3) is 5.91 Å². The van der Waals surface area contributed by atoms with E-state index in [0.717, 1.165) is 43.0 Å². The van der Waals surface area contributed by atoms with Gasteiger partial charge in [-0.05, 0) is 83.8 Å². The normalized spacial score (nSPS) is 17.6. The molecule has 0 unspecified atom stereocenters. The number of halogens is 1. The maximum atomic E-state index is 13.3. The first-order valence-corrected chi connectivity index (χ1v) is 14.2. The van der Waals surface area contributed by atoms with Gasteiger partial charge in [0, 0.05) is 66.8 Å². The fraction of sp³-hybridized carbons (Fsp3) is 0.484. The molecule has 0 aliphatic heterocycles. The molecule has 4 rings (SSSR count). The van der Waals surface area contributed by atoms with Crippen LogP contribution in [0.2, 0.25) is 5.02 Å². The van der Waals surface area contributed by atoms with Gasteiger partial charge < -0.3 is 19.7 Å². The van der Waals surface area contributed by atoms with Gasteiger partial charge in [-0.15, -0.1) is 0 Å². The number of anilines is 1. The van der Waals surface area contributed by atoms with E-state index in [1.54, 1.807) is 6.07 Å². The van der Waals surface area contributed by atoms with Crippen LogP contribution in [0.5, 0.6) is 0 Å². The number of benzene rings is 2. The van der Waals surface area contributed by atoms with Crippen LogP contribution in [0.25, 0.3) is 0 Å². The molecular formula is C31H42ClN5O. The van der Waals surface area contributed by atoms with Crippen LogP contribution in [0, 0.1) is 13.8 Å². The Bertz CT molecular complexity index is 1210. The molecule has 6 nitrogen and oxygen atoms in total. The Morgan fingerprint density at radius 1 is 1.08 bits per heavy atom. The largest absolute Gasteiger partial charge is 0.369 e. The van der Waals surface area contributed by atoms with Crippen molar-refractivity contribution in [3.05, 3.63) is 81.9 Å². The molecule has 0 saturated heterocycles. The number of aryl methyl sites for hydroxylation is 1. The summed E-state index contributed by atoms with van der Waals surface area (Å²) >= 11 is 6.57. The first-order chi connectivity index (χ1) is 18.3. The second kappa shape index (κ2) is 12.8. The third kappa shape index (κ3) is 6.78. The maximum absolute atomic E-state index is 13.3. The number of carbonyl (C=O) groups excluding carboxylic acids is 1. The number of aromatic nitrogens is 2. The molecule has 2 aromatic carbocycles. The van der Waals surface area contributed by atoms with E-state index in [4.69, 9.17) is 11.6 Å². The lowest BCUT2D eigenvalue weighted by molar-refractivity contribution is 0.0953. The molecule has 1 N–H and O–H groups in total. The number of hydrogen-bond acceptors (Lipinski definition) is 4. The number of amides is 1. The fourth-order valence-electron chi connectivity index (χ4n) is 5.70. The van der Waals surface area contributed by atoms with E-state index in [1.807, 2.05) is 25.4 Å². The van der Waals surface area contributed by atoms with Crippen molar-refractivity contribution in [2.75, 3.05) is 32.1 Å². The van der Waals surface area contributed by atoms with Crippen LogP contribution in [0.3, 0.4) is 0 Å². The first-order valence-electron chi connectivity index (χ1n) is 13.8. The maximum Gasteiger partial charge on any atom is 0.251 e. The van der Waals surface area contributed by atoms with Crippen LogP contribution in [-0.4, -0.2) is 59.6 Å². The van der Waals surface area contributed by atoms with Gasteiger partial charge in [0.2, 0.25) is 0 Å². The van der Waals surface area contributed by atoms with E-state index in [9.17, 15) is 4.79 Å². The molecule has 3 aromatic rings. The van der Waals surface area contributed by atoms with E-state index in [2.05, 4.69) is 76.9 Å². The number of hydrogen-bond donors (Lipinski definition) is 1. The molecule has 1 aliphatic carbocycles. The minimum absolute atomic E-state index is 0.0877. The van der Waals surface area contributed by atoms with Gasteiger partial charge in [0.15, 0.2) is 0 Å². The summed E-state index contributed by atoms with van der Waals surface area (Å²) in [6, 6.07) is 13.5. The minimum atomic E-state index is -0.0877. The predicted molar refractivity (Wildman–Crippen MR) is 157 cm³/mol. The van der Waals surface area contributed by atoms with Crippen molar-refractivity contribution in [1.29, 1.82) is 0 Å². The quantitative estimate of drug-likeness (QED) is 0.352. The number of rotatable bonds is 10. The van der Waals surface area contributed by atoms with Gasteiger partial charge in [0.05, 0.1) is 0 Å². The van der Waals surface area contributed by atoms with Gasteiger partial charge in [-0.25, -0.2) is 4.98 Å². The van der Waals surface area contributed by atoms with Crippen LogP contribution < -0.4 is 10.2 Å². The smallest absolute Gasteiger partial charge is 0.251 e. The molecule has 38 heavy (non-hydrogen) atoms. The predicted octanol–water partition coefficient (Wildman–Crippen LogP) is 5.87. The van der Waals surface area contributed by atoms with Crippen LogP contribution in [0.4, 0.5) is 5.69 Å². The topological polar surface area (TPSA) is 53.4 Å². The van der Waals surface area contributed by atoms with Crippen LogP contribution in [-0.2, 0) is 13.0 Å². The molecule has 204 valence electrons. The van der Waals surface area contributed by atoms with E-state index >= 15 is 0 Å². The molecule has 1 aliphatic rings. The molecule has 0 bridgehead atoms. The Kier molecular flexibility index (Phi) is 9.50. The molecule has 1 saturated carbocycles. The van der Waals surface area contributed by atoms with E-state index in [0.29, 0.717) is 35.6 Å². The number of nitrogens with one attached hydrogen (secondary N) is 1. The van der Waals surface area contributed by atoms with E-state index in [1.165, 1.54) is 24.0 Å². The van der Waals surface area contributed by atoms with Gasteiger partial charge in [-0.3, -0.25) is 4.79 Å². The molecule has 1 heterocycles. The minimum Gasteiger partial charge on any atom is -0.369 e. The molecule has 1 aromatic heterocycles. The lowest BCUT2D eigenvalue weighted by Gasteiger charge is -2.40. The zero-order chi connectivity index (χ0) is 27.2. The van der Waals surface area contributed by atoms with Crippen molar-refractivity contribution in [3.8, 4) is 0 Å². The summed E-state index contributed by atoms with van der Waals surface area (Å²) in [6.45, 7) is 8.50. The Morgan fingerprint density at radius 2 is 1.76 bits per heavy atom. The molecule has 0 atom stereocenters. The SMILES string of the molecule is CCN(c1cc(Cl)cc(C(=O)NCCc2nccn2Cc2ccc(C)cc2)c1C)[C@H]1CC[C@H](N(C)C)CC1. The monoisotopic (exact) mass is 535 g/mol. The van der Waals surface area contributed by atoms with Gasteiger partial charge in [0.1, 0.15) is 5.82 Å². The molecule has 0 radical (unpaired) electrons. The van der Waals surface area contributed by atoms with Gasteiger partial charge in [-0.1, -0.05) is 41.4 Å². The van der Waals surface area contributed by atoms with E-state index < -0.39 is 0 Å². The van der Waals surface area contributed by atoms with Crippen molar-refractivity contribution in [2.45, 2.75) is 71.5 Å². The summed E-state index contributed by atoms with van der Waals surface area (Å²) in [4.78, 5) is 22.6. The second-order valence-electron chi connectivity index (χ2n) is 10.8. The first kappa shape index (κ1) is 28.2. The summed E-state index contributed by atoms with van der Waals surface area (Å²) in [6.07, 6.45) is 9.17. The summed E-state index contributed by atoms with van der Waals surface area (Å²) in [7, 11) is 4.35. The second-order valence-corrected chi connectivity index (χ2v) is 11.2. The van der Waals surface area contributed by atoms with Crippen molar-refractivity contribution in [1.82, 2.24) is 19.8 Å². The highest BCUT2D eigenvalue weighted by atomic mass is 35.5. The summed E-state index contributed by atoms with van der Waals surface area (Å²) < 4.78 is 2.14. The number of nitrogens with zero attached hydrogens (tertiary/aromatic N) is 4. The third-order valence-corrected chi connectivity index (χ3v) is 8.20. The summed E-state index contributed by atoms with van der Waals surface area (Å²) in [5, 5.41) is 3.71. The Labute approximate surface area is 233 Å². The van der Waals surface area contributed by atoms with Crippen molar-refractivity contribution in [3.63, 3.8) is 0 Å². The molecular weight excluding hydrogens is 494 g/mol. The number of carbonyl (C=O) groups is 1. The summed E-state index contributed by atoms with van der Waals surface area (Å²) in [5.74, 6) is 0.870. The highest BCUT2D eigenvalue weighted by molar-refractivity contribution is 6.31. The van der Waals surface area contributed by atoms with Gasteiger partial charge >= 0.3 is 0 Å². The Morgan fingerprint density at radius 3 is 2.42 bits per heavy atom. The third-order valence-electron chi connectivity index (χ3n) is 7.99. The molecule has 0 spiro atoms. The van der Waals surface area contributed by atoms with Crippen molar-refractivity contribution < 1.29 is 4.79 Å². The van der Waals surface area contributed by atoms with E-state index in [-0.39, 0.29) is 5.91 Å². The lowest BCUT2D eigenvalue weighted by atomic mass is 9.89. The zero-order valence-electron chi connectivity index (χ0n) is 23.5. The molecule has 7 heteroatoms. The Hall–Kier alpha value is -2.83. The number of imidazole rings is 1. The summed E-state index contributed by atoms with van der Waals surface area (Å²) in [5.41, 5.74) is 5.20. The van der Waals surface area contributed by atoms with Crippen LogP contribution in [0.1, 0.15) is 65.5 Å². The van der Waals surface area contributed by atoms with Crippen LogP contribution in [0.15, 0.2) is 48.8 Å². The lowest BCUT2D eigenvalue weighted by Crippen LogP contribution is -2.42. The van der Waals surface area contributed by atoms with Crippen molar-refractivity contribution >= 4 is 23.2 Å². The highest BCUT2D eigenvalue weighted by Crippen LogP contribution is 2.34. The zero-order valence-corrected chi connectivity index (χ0v) is 24.3. The average Bonchev–Trinajstić information content (AvgIpc) is 3.34. The van der Waals surface area contributed by atoms with Crippen LogP contribution >= 0.6 is 11.6 Å². The molecule has 1 fully saturated rings. The standard InChI is InChI=1S/C31H42ClN5O/c1-6-37(27-13-11-26(12-14-27)35(4)5)29-20-25(32)19-28(23(29)3)31(38)34-16-15-30-33-17-18-36(30)21-24-9-7-22(2)8-10-24/h7-10,17-20,26-27H,6,11-16,21H2,1-5H3,(H,34,38)/t26-,27-.